The topological polar surface area (TPSA) is 32.3 Å². The van der Waals surface area contributed by atoms with Crippen molar-refractivity contribution < 1.29 is 5.11 Å². The molecule has 1 aromatic carbocycles. The molecule has 15 heavy (non-hydrogen) atoms. The number of anilines is 1. The molecular weight excluding hydrogens is 210 g/mol. The minimum Gasteiger partial charge on any atom is -0.391 e. The molecule has 2 rings (SSSR count). The van der Waals surface area contributed by atoms with Gasteiger partial charge in [0.2, 0.25) is 0 Å². The predicted octanol–water partition coefficient (Wildman–Crippen LogP) is 2.97. The molecule has 0 aliphatic heterocycles. The summed E-state index contributed by atoms with van der Waals surface area (Å²) in [7, 11) is 0. The molecule has 0 heterocycles. The summed E-state index contributed by atoms with van der Waals surface area (Å²) < 4.78 is 0. The Kier molecular flexibility index (Phi) is 3.17. The van der Waals surface area contributed by atoms with Crippen LogP contribution in [0.3, 0.4) is 0 Å². The molecule has 1 aromatic rings. The quantitative estimate of drug-likeness (QED) is 0.811. The molecule has 1 aliphatic rings. The van der Waals surface area contributed by atoms with Crippen LogP contribution in [0.1, 0.15) is 24.8 Å². The molecule has 0 aromatic heterocycles. The summed E-state index contributed by atoms with van der Waals surface area (Å²) in [6.07, 6.45) is 2.81. The smallest absolute Gasteiger partial charge is 0.0741 e. The van der Waals surface area contributed by atoms with Crippen LogP contribution < -0.4 is 5.32 Å². The Morgan fingerprint density at radius 3 is 2.87 bits per heavy atom. The van der Waals surface area contributed by atoms with E-state index in [0.29, 0.717) is 0 Å². The van der Waals surface area contributed by atoms with Gasteiger partial charge in [0.15, 0.2) is 0 Å². The van der Waals surface area contributed by atoms with Crippen molar-refractivity contribution in [3.8, 4) is 0 Å². The van der Waals surface area contributed by atoms with Crippen molar-refractivity contribution in [3.05, 3.63) is 28.8 Å². The Hall–Kier alpha value is -0.730. The fraction of sp³-hybridized carbons (Fsp3) is 0.500. The van der Waals surface area contributed by atoms with Crippen molar-refractivity contribution in [2.45, 2.75) is 38.3 Å². The average Bonchev–Trinajstić information content (AvgIpc) is 2.58. The standard InChI is InChI=1S/C12H16ClNO/c1-8-5-6-9(13)7-11(8)14-10-3-2-4-12(10)15/h5-7,10,12,14-15H,2-4H2,1H3/t10-,12-/m1/s1. The van der Waals surface area contributed by atoms with Gasteiger partial charge in [-0.2, -0.15) is 0 Å². The van der Waals surface area contributed by atoms with Crippen LogP contribution in [0, 0.1) is 6.92 Å². The summed E-state index contributed by atoms with van der Waals surface area (Å²) in [5, 5.41) is 13.8. The highest BCUT2D eigenvalue weighted by molar-refractivity contribution is 6.30. The molecule has 1 saturated carbocycles. The van der Waals surface area contributed by atoms with Crippen molar-refractivity contribution in [3.63, 3.8) is 0 Å². The normalized spacial score (nSPS) is 25.5. The van der Waals surface area contributed by atoms with Crippen molar-refractivity contribution in [1.82, 2.24) is 0 Å². The van der Waals surface area contributed by atoms with Gasteiger partial charge in [-0.3, -0.25) is 0 Å². The highest BCUT2D eigenvalue weighted by Gasteiger charge is 2.25. The van der Waals surface area contributed by atoms with Gasteiger partial charge >= 0.3 is 0 Å². The summed E-state index contributed by atoms with van der Waals surface area (Å²) in [6.45, 7) is 2.04. The van der Waals surface area contributed by atoms with Gasteiger partial charge in [-0.25, -0.2) is 0 Å². The summed E-state index contributed by atoms with van der Waals surface area (Å²) in [6, 6.07) is 5.98. The maximum absolute atomic E-state index is 9.71. The number of halogens is 1. The first kappa shape index (κ1) is 10.8. The lowest BCUT2D eigenvalue weighted by Crippen LogP contribution is -2.28. The summed E-state index contributed by atoms with van der Waals surface area (Å²) in [5.74, 6) is 0. The van der Waals surface area contributed by atoms with E-state index in [2.05, 4.69) is 5.32 Å². The van der Waals surface area contributed by atoms with Gasteiger partial charge in [-0.05, 0) is 43.9 Å². The van der Waals surface area contributed by atoms with Crippen molar-refractivity contribution >= 4 is 17.3 Å². The van der Waals surface area contributed by atoms with E-state index >= 15 is 0 Å². The maximum Gasteiger partial charge on any atom is 0.0741 e. The van der Waals surface area contributed by atoms with Gasteiger partial charge in [-0.1, -0.05) is 17.7 Å². The van der Waals surface area contributed by atoms with Crippen LogP contribution in [0.2, 0.25) is 5.02 Å². The zero-order valence-electron chi connectivity index (χ0n) is 8.83. The van der Waals surface area contributed by atoms with E-state index in [1.165, 1.54) is 5.56 Å². The Bertz CT molecular complexity index is 353. The molecule has 1 fully saturated rings. The fourth-order valence-electron chi connectivity index (χ4n) is 2.06. The molecule has 3 heteroatoms. The van der Waals surface area contributed by atoms with Crippen LogP contribution in [0.25, 0.3) is 0 Å². The highest BCUT2D eigenvalue weighted by Crippen LogP contribution is 2.26. The third-order valence-electron chi connectivity index (χ3n) is 3.02. The van der Waals surface area contributed by atoms with E-state index in [1.54, 1.807) is 0 Å². The Balaban J connectivity index is 2.12. The number of nitrogens with one attached hydrogen (secondary N) is 1. The molecule has 1 aliphatic carbocycles. The molecule has 0 amide bonds. The number of hydrogen-bond acceptors (Lipinski definition) is 2. The predicted molar refractivity (Wildman–Crippen MR) is 63.5 cm³/mol. The van der Waals surface area contributed by atoms with E-state index in [-0.39, 0.29) is 12.1 Å². The monoisotopic (exact) mass is 225 g/mol. The first-order valence-corrected chi connectivity index (χ1v) is 5.75. The Morgan fingerprint density at radius 1 is 1.40 bits per heavy atom. The van der Waals surface area contributed by atoms with E-state index in [9.17, 15) is 5.11 Å². The molecular formula is C12H16ClNO. The van der Waals surface area contributed by atoms with Gasteiger partial charge in [0.05, 0.1) is 12.1 Å². The third kappa shape index (κ3) is 2.44. The summed E-state index contributed by atoms with van der Waals surface area (Å²) >= 11 is 5.94. The molecule has 0 unspecified atom stereocenters. The first-order chi connectivity index (χ1) is 7.16. The first-order valence-electron chi connectivity index (χ1n) is 5.37. The minimum atomic E-state index is -0.219. The number of aliphatic hydroxyl groups excluding tert-OH is 1. The number of aryl methyl sites for hydroxylation is 1. The largest absolute Gasteiger partial charge is 0.391 e. The van der Waals surface area contributed by atoms with Gasteiger partial charge in [0.1, 0.15) is 0 Å². The minimum absolute atomic E-state index is 0.183. The lowest BCUT2D eigenvalue weighted by molar-refractivity contribution is 0.172. The molecule has 0 radical (unpaired) electrons. The summed E-state index contributed by atoms with van der Waals surface area (Å²) in [5.41, 5.74) is 2.20. The van der Waals surface area contributed by atoms with Gasteiger partial charge in [0, 0.05) is 10.7 Å². The lowest BCUT2D eigenvalue weighted by atomic mass is 10.1. The summed E-state index contributed by atoms with van der Waals surface area (Å²) in [4.78, 5) is 0. The molecule has 82 valence electrons. The molecule has 0 spiro atoms. The zero-order valence-corrected chi connectivity index (χ0v) is 9.59. The molecule has 2 nitrogen and oxygen atoms in total. The van der Waals surface area contributed by atoms with E-state index < -0.39 is 0 Å². The van der Waals surface area contributed by atoms with Gasteiger partial charge in [0.25, 0.3) is 0 Å². The Labute approximate surface area is 95.3 Å². The van der Waals surface area contributed by atoms with E-state index in [0.717, 1.165) is 30.0 Å². The second-order valence-corrected chi connectivity index (χ2v) is 4.64. The van der Waals surface area contributed by atoms with Crippen molar-refractivity contribution in [1.29, 1.82) is 0 Å². The second kappa shape index (κ2) is 4.42. The van der Waals surface area contributed by atoms with Crippen LogP contribution in [0.4, 0.5) is 5.69 Å². The van der Waals surface area contributed by atoms with Crippen molar-refractivity contribution in [2.24, 2.45) is 0 Å². The van der Waals surface area contributed by atoms with Crippen molar-refractivity contribution in [2.75, 3.05) is 5.32 Å². The molecule has 2 atom stereocenters. The van der Waals surface area contributed by atoms with Crippen LogP contribution in [-0.2, 0) is 0 Å². The van der Waals surface area contributed by atoms with Gasteiger partial charge in [-0.15, -0.1) is 0 Å². The van der Waals surface area contributed by atoms with E-state index in [4.69, 9.17) is 11.6 Å². The van der Waals surface area contributed by atoms with Crippen LogP contribution in [-0.4, -0.2) is 17.3 Å². The highest BCUT2D eigenvalue weighted by atomic mass is 35.5. The molecule has 0 bridgehead atoms. The van der Waals surface area contributed by atoms with E-state index in [1.807, 2.05) is 25.1 Å². The maximum atomic E-state index is 9.71. The number of benzene rings is 1. The third-order valence-corrected chi connectivity index (χ3v) is 3.26. The lowest BCUT2D eigenvalue weighted by Gasteiger charge is -2.19. The second-order valence-electron chi connectivity index (χ2n) is 4.21. The fourth-order valence-corrected chi connectivity index (χ4v) is 2.23. The van der Waals surface area contributed by atoms with Crippen LogP contribution in [0.15, 0.2) is 18.2 Å². The number of hydrogen-bond donors (Lipinski definition) is 2. The number of rotatable bonds is 2. The molecule has 2 N–H and O–H groups in total. The SMILES string of the molecule is Cc1ccc(Cl)cc1N[C@@H]1CCC[C@H]1O. The number of aliphatic hydroxyl groups is 1. The van der Waals surface area contributed by atoms with Crippen LogP contribution >= 0.6 is 11.6 Å². The van der Waals surface area contributed by atoms with Crippen LogP contribution in [0.5, 0.6) is 0 Å². The van der Waals surface area contributed by atoms with Gasteiger partial charge < -0.3 is 10.4 Å². The zero-order chi connectivity index (χ0) is 10.8. The Morgan fingerprint density at radius 2 is 2.20 bits per heavy atom. The molecule has 0 saturated heterocycles. The average molecular weight is 226 g/mol.